The second-order valence-corrected chi connectivity index (χ2v) is 8.58. The quantitative estimate of drug-likeness (QED) is 0.581. The van der Waals surface area contributed by atoms with Gasteiger partial charge in [0.05, 0.1) is 0 Å². The minimum Gasteiger partial charge on any atom is -0.309 e. The highest BCUT2D eigenvalue weighted by molar-refractivity contribution is 7.92. The van der Waals surface area contributed by atoms with Gasteiger partial charge in [0.1, 0.15) is 0 Å². The standard InChI is InChI=1S/C15H14F3N2O3PS/c16-15(17,18)25(21,22)23-24-19(13-7-3-1-4-8-13)11-12-20(24)14-9-5-2-6-10-14/h1-10H,11-12H2. The van der Waals surface area contributed by atoms with Crippen molar-refractivity contribution >= 4 is 29.9 Å². The van der Waals surface area contributed by atoms with Crippen LogP contribution in [0.1, 0.15) is 0 Å². The lowest BCUT2D eigenvalue weighted by atomic mass is 10.3. The number of benzene rings is 2. The fraction of sp³-hybridized carbons (Fsp3) is 0.200. The van der Waals surface area contributed by atoms with Crippen molar-refractivity contribution in [2.75, 3.05) is 22.4 Å². The van der Waals surface area contributed by atoms with Crippen molar-refractivity contribution < 1.29 is 25.6 Å². The van der Waals surface area contributed by atoms with E-state index in [-0.39, 0.29) is 0 Å². The lowest BCUT2D eigenvalue weighted by Crippen LogP contribution is -2.28. The average molecular weight is 390 g/mol. The first-order chi connectivity index (χ1) is 11.8. The first-order valence-corrected chi connectivity index (χ1v) is 9.83. The molecule has 0 unspecified atom stereocenters. The van der Waals surface area contributed by atoms with Crippen LogP contribution in [-0.4, -0.2) is 27.0 Å². The first kappa shape index (κ1) is 18.0. The zero-order chi connectivity index (χ0) is 18.1. The molecule has 0 radical (unpaired) electrons. The Balaban J connectivity index is 1.98. The number of nitrogens with zero attached hydrogens (tertiary/aromatic N) is 2. The van der Waals surface area contributed by atoms with Crippen LogP contribution in [0.5, 0.6) is 0 Å². The molecular formula is C15H14F3N2O3PS. The highest BCUT2D eigenvalue weighted by Gasteiger charge is 2.52. The Bertz CT molecular complexity index is 771. The third-order valence-electron chi connectivity index (χ3n) is 3.49. The fourth-order valence-corrected chi connectivity index (χ4v) is 5.48. The van der Waals surface area contributed by atoms with E-state index in [9.17, 15) is 21.6 Å². The van der Waals surface area contributed by atoms with Crippen molar-refractivity contribution in [2.45, 2.75) is 5.51 Å². The van der Waals surface area contributed by atoms with Crippen LogP contribution in [0.15, 0.2) is 60.7 Å². The molecule has 25 heavy (non-hydrogen) atoms. The van der Waals surface area contributed by atoms with Crippen LogP contribution in [0.25, 0.3) is 0 Å². The predicted octanol–water partition coefficient (Wildman–Crippen LogP) is 4.11. The van der Waals surface area contributed by atoms with Gasteiger partial charge in [-0.15, -0.1) is 0 Å². The van der Waals surface area contributed by atoms with E-state index in [0.29, 0.717) is 24.5 Å². The topological polar surface area (TPSA) is 49.9 Å². The van der Waals surface area contributed by atoms with Gasteiger partial charge in [-0.25, -0.2) is 0 Å². The number of para-hydroxylation sites is 2. The lowest BCUT2D eigenvalue weighted by molar-refractivity contribution is -0.0496. The summed E-state index contributed by atoms with van der Waals surface area (Å²) in [6.45, 7) is 0.690. The lowest BCUT2D eigenvalue weighted by Gasteiger charge is -2.30. The van der Waals surface area contributed by atoms with E-state index in [1.54, 1.807) is 70.0 Å². The predicted molar refractivity (Wildman–Crippen MR) is 90.6 cm³/mol. The molecule has 1 aliphatic rings. The van der Waals surface area contributed by atoms with Gasteiger partial charge in [0.2, 0.25) is 0 Å². The molecule has 0 atom stereocenters. The molecule has 0 aliphatic carbocycles. The van der Waals surface area contributed by atoms with Crippen molar-refractivity contribution in [3.05, 3.63) is 60.7 Å². The summed E-state index contributed by atoms with van der Waals surface area (Å²) in [7, 11) is -7.94. The Morgan fingerprint density at radius 3 is 1.60 bits per heavy atom. The maximum atomic E-state index is 12.8. The molecule has 3 rings (SSSR count). The molecule has 134 valence electrons. The van der Waals surface area contributed by atoms with Crippen molar-refractivity contribution in [1.29, 1.82) is 0 Å². The molecule has 0 amide bonds. The maximum Gasteiger partial charge on any atom is 0.523 e. The summed E-state index contributed by atoms with van der Waals surface area (Å²) in [5, 5.41) is 0. The van der Waals surface area contributed by atoms with Gasteiger partial charge in [0.25, 0.3) is 8.45 Å². The van der Waals surface area contributed by atoms with E-state index < -0.39 is 24.1 Å². The molecule has 0 spiro atoms. The van der Waals surface area contributed by atoms with Crippen molar-refractivity contribution in [3.63, 3.8) is 0 Å². The van der Waals surface area contributed by atoms with Gasteiger partial charge in [-0.05, 0) is 24.3 Å². The number of halogens is 3. The Kier molecular flexibility index (Phi) is 4.90. The second-order valence-electron chi connectivity index (χ2n) is 5.14. The maximum absolute atomic E-state index is 12.8. The van der Waals surface area contributed by atoms with Crippen LogP contribution >= 0.6 is 8.45 Å². The molecule has 0 saturated carbocycles. The highest BCUT2D eigenvalue weighted by Crippen LogP contribution is 2.56. The Morgan fingerprint density at radius 2 is 1.24 bits per heavy atom. The fourth-order valence-electron chi connectivity index (χ4n) is 2.36. The summed E-state index contributed by atoms with van der Waals surface area (Å²) >= 11 is 0. The third kappa shape index (κ3) is 3.73. The molecule has 1 aliphatic heterocycles. The number of hydrogen-bond donors (Lipinski definition) is 0. The molecule has 1 fully saturated rings. The number of rotatable bonds is 4. The van der Waals surface area contributed by atoms with Crippen LogP contribution < -0.4 is 9.34 Å². The minimum absolute atomic E-state index is 0.345. The molecule has 10 heteroatoms. The summed E-state index contributed by atoms with van der Waals surface area (Å²) < 4.78 is 69.3. The monoisotopic (exact) mass is 390 g/mol. The second kappa shape index (κ2) is 6.82. The van der Waals surface area contributed by atoms with Gasteiger partial charge in [-0.1, -0.05) is 36.4 Å². The van der Waals surface area contributed by atoms with Crippen molar-refractivity contribution in [3.8, 4) is 0 Å². The molecule has 0 N–H and O–H groups in total. The zero-order valence-corrected chi connectivity index (χ0v) is 14.5. The largest absolute Gasteiger partial charge is 0.523 e. The summed E-state index contributed by atoms with van der Waals surface area (Å²) in [5.74, 6) is 0. The molecule has 1 saturated heterocycles. The van der Waals surface area contributed by atoms with Gasteiger partial charge >= 0.3 is 15.6 Å². The highest BCUT2D eigenvalue weighted by atomic mass is 32.2. The van der Waals surface area contributed by atoms with Crippen molar-refractivity contribution in [2.24, 2.45) is 0 Å². The number of anilines is 2. The Morgan fingerprint density at radius 1 is 0.840 bits per heavy atom. The van der Waals surface area contributed by atoms with Crippen molar-refractivity contribution in [1.82, 2.24) is 0 Å². The number of hydrogen-bond acceptors (Lipinski definition) is 5. The van der Waals surface area contributed by atoms with E-state index in [4.69, 9.17) is 0 Å². The molecule has 1 heterocycles. The molecule has 2 aromatic rings. The smallest absolute Gasteiger partial charge is 0.309 e. The Hall–Kier alpha value is -1.83. The first-order valence-electron chi connectivity index (χ1n) is 7.25. The van der Waals surface area contributed by atoms with Gasteiger partial charge in [-0.3, -0.25) is 0 Å². The summed E-state index contributed by atoms with van der Waals surface area (Å²) in [6, 6.07) is 17.3. The van der Waals surface area contributed by atoms with Crippen LogP contribution in [0.3, 0.4) is 0 Å². The van der Waals surface area contributed by atoms with Gasteiger partial charge in [0, 0.05) is 24.5 Å². The molecule has 5 nitrogen and oxygen atoms in total. The molecule has 2 aromatic carbocycles. The third-order valence-corrected chi connectivity index (χ3v) is 7.07. The minimum atomic E-state index is -5.72. The van der Waals surface area contributed by atoms with E-state index >= 15 is 0 Å². The van der Waals surface area contributed by atoms with Crippen LogP contribution in [0, 0.1) is 0 Å². The summed E-state index contributed by atoms with van der Waals surface area (Å²) in [6.07, 6.45) is 0. The van der Waals surface area contributed by atoms with Crippen LogP contribution in [-0.2, 0) is 14.1 Å². The Labute approximate surface area is 144 Å². The summed E-state index contributed by atoms with van der Waals surface area (Å²) in [4.78, 5) is 0. The van der Waals surface area contributed by atoms with E-state index in [1.165, 1.54) is 0 Å². The normalized spacial score (nSPS) is 16.4. The molecule has 0 bridgehead atoms. The van der Waals surface area contributed by atoms with Gasteiger partial charge in [-0.2, -0.15) is 25.6 Å². The van der Waals surface area contributed by atoms with E-state index in [1.807, 2.05) is 0 Å². The SMILES string of the molecule is O=S(=O)(OP1N(c2ccccc2)CCN1c1ccccc1)C(F)(F)F. The molecule has 0 aromatic heterocycles. The van der Waals surface area contributed by atoms with E-state index in [2.05, 4.69) is 3.97 Å². The summed E-state index contributed by atoms with van der Waals surface area (Å²) in [5.41, 5.74) is -4.27. The average Bonchev–Trinajstić information content (AvgIpc) is 2.98. The molecular weight excluding hydrogens is 376 g/mol. The zero-order valence-electron chi connectivity index (χ0n) is 12.8. The van der Waals surface area contributed by atoms with Gasteiger partial charge in [0.15, 0.2) is 0 Å². The van der Waals surface area contributed by atoms with Gasteiger partial charge < -0.3 is 9.34 Å². The van der Waals surface area contributed by atoms with E-state index in [0.717, 1.165) is 0 Å². The number of alkyl halides is 3. The van der Waals surface area contributed by atoms with Crippen LogP contribution in [0.4, 0.5) is 24.5 Å². The van der Waals surface area contributed by atoms with Crippen LogP contribution in [0.2, 0.25) is 0 Å².